The van der Waals surface area contributed by atoms with Gasteiger partial charge in [-0.25, -0.2) is 4.98 Å². The highest BCUT2D eigenvalue weighted by Crippen LogP contribution is 2.40. The second-order valence-electron chi connectivity index (χ2n) is 5.38. The Hall–Kier alpha value is -1.43. The first-order chi connectivity index (χ1) is 9.20. The molecule has 1 aromatic carbocycles. The van der Waals surface area contributed by atoms with E-state index in [1.165, 1.54) is 5.56 Å². The minimum Gasteiger partial charge on any atom is -0.380 e. The van der Waals surface area contributed by atoms with Gasteiger partial charge < -0.3 is 20.4 Å². The highest BCUT2D eigenvalue weighted by molar-refractivity contribution is 5.76. The molecule has 1 fully saturated rings. The second kappa shape index (κ2) is 4.59. The molecule has 5 heteroatoms. The largest absolute Gasteiger partial charge is 0.380 e. The summed E-state index contributed by atoms with van der Waals surface area (Å²) in [6.45, 7) is 2.06. The number of ether oxygens (including phenoxy) is 1. The molecule has 1 atom stereocenters. The quantitative estimate of drug-likeness (QED) is 0.854. The van der Waals surface area contributed by atoms with Gasteiger partial charge in [-0.1, -0.05) is 6.07 Å². The molecule has 3 rings (SSSR count). The van der Waals surface area contributed by atoms with E-state index in [9.17, 15) is 0 Å². The summed E-state index contributed by atoms with van der Waals surface area (Å²) in [6, 6.07) is 6.62. The van der Waals surface area contributed by atoms with Gasteiger partial charge in [-0.15, -0.1) is 0 Å². The Morgan fingerprint density at radius 1 is 1.53 bits per heavy atom. The fourth-order valence-electron chi connectivity index (χ4n) is 2.93. The summed E-state index contributed by atoms with van der Waals surface area (Å²) >= 11 is 0. The van der Waals surface area contributed by atoms with Crippen molar-refractivity contribution >= 4 is 11.0 Å². The number of nitrogens with zero attached hydrogens (tertiary/aromatic N) is 2. The fraction of sp³-hybridized carbons (Fsp3) is 0.500. The number of nitrogens with one attached hydrogen (secondary N) is 1. The van der Waals surface area contributed by atoms with Gasteiger partial charge in [-0.05, 0) is 24.7 Å². The van der Waals surface area contributed by atoms with E-state index >= 15 is 0 Å². The van der Waals surface area contributed by atoms with Crippen LogP contribution in [-0.2, 0) is 11.8 Å². The van der Waals surface area contributed by atoms with E-state index < -0.39 is 0 Å². The molecule has 2 heterocycles. The maximum absolute atomic E-state index is 5.96. The van der Waals surface area contributed by atoms with E-state index in [1.807, 2.05) is 25.0 Å². The SMILES string of the molecule is CNC(c1ccc2c(c1)ncn2C)C1(CN)COC1. The van der Waals surface area contributed by atoms with Gasteiger partial charge >= 0.3 is 0 Å². The number of benzene rings is 1. The topological polar surface area (TPSA) is 65.1 Å². The lowest BCUT2D eigenvalue weighted by atomic mass is 9.75. The molecule has 1 aliphatic rings. The molecular weight excluding hydrogens is 240 g/mol. The summed E-state index contributed by atoms with van der Waals surface area (Å²) in [5.74, 6) is 0. The van der Waals surface area contributed by atoms with Crippen molar-refractivity contribution in [3.8, 4) is 0 Å². The molecule has 0 bridgehead atoms. The number of fused-ring (bicyclic) bond motifs is 1. The molecule has 0 radical (unpaired) electrons. The van der Waals surface area contributed by atoms with E-state index in [2.05, 4.69) is 28.5 Å². The third-order valence-electron chi connectivity index (χ3n) is 4.17. The molecular formula is C14H20N4O. The first-order valence-corrected chi connectivity index (χ1v) is 6.56. The second-order valence-corrected chi connectivity index (χ2v) is 5.38. The maximum Gasteiger partial charge on any atom is 0.0955 e. The Labute approximate surface area is 112 Å². The third-order valence-corrected chi connectivity index (χ3v) is 4.17. The van der Waals surface area contributed by atoms with Crippen LogP contribution in [-0.4, -0.2) is 36.4 Å². The van der Waals surface area contributed by atoms with Crippen LogP contribution < -0.4 is 11.1 Å². The van der Waals surface area contributed by atoms with Gasteiger partial charge in [0.05, 0.1) is 30.6 Å². The van der Waals surface area contributed by atoms with Crippen molar-refractivity contribution < 1.29 is 4.74 Å². The zero-order valence-corrected chi connectivity index (χ0v) is 11.4. The van der Waals surface area contributed by atoms with Crippen molar-refractivity contribution in [2.75, 3.05) is 26.8 Å². The molecule has 3 N–H and O–H groups in total. The summed E-state index contributed by atoms with van der Waals surface area (Å²) in [6.07, 6.45) is 1.84. The minimum atomic E-state index is 0.0111. The van der Waals surface area contributed by atoms with E-state index in [0.29, 0.717) is 6.54 Å². The summed E-state index contributed by atoms with van der Waals surface area (Å²) in [7, 11) is 3.98. The normalized spacial score (nSPS) is 19.3. The highest BCUT2D eigenvalue weighted by atomic mass is 16.5. The highest BCUT2D eigenvalue weighted by Gasteiger charge is 2.44. The summed E-state index contributed by atoms with van der Waals surface area (Å²) in [5, 5.41) is 3.39. The van der Waals surface area contributed by atoms with Gasteiger partial charge in [0.15, 0.2) is 0 Å². The summed E-state index contributed by atoms with van der Waals surface area (Å²) < 4.78 is 7.41. The van der Waals surface area contributed by atoms with Gasteiger partial charge in [0.2, 0.25) is 0 Å². The molecule has 0 spiro atoms. The molecule has 1 aromatic heterocycles. The Morgan fingerprint density at radius 2 is 2.32 bits per heavy atom. The standard InChI is InChI=1S/C14H20N4O/c1-16-13(14(6-15)7-19-8-14)10-3-4-12-11(5-10)17-9-18(12)2/h3-5,9,13,16H,6-8,15H2,1-2H3. The predicted molar refractivity (Wildman–Crippen MR) is 74.8 cm³/mol. The molecule has 0 aliphatic carbocycles. The van der Waals surface area contributed by atoms with Crippen LogP contribution >= 0.6 is 0 Å². The third kappa shape index (κ3) is 1.85. The molecule has 5 nitrogen and oxygen atoms in total. The first kappa shape index (κ1) is 12.6. The molecule has 1 aliphatic heterocycles. The lowest BCUT2D eigenvalue weighted by molar-refractivity contribution is -0.126. The number of nitrogens with two attached hydrogens (primary N) is 1. The van der Waals surface area contributed by atoms with Gasteiger partial charge in [0.25, 0.3) is 0 Å². The lowest BCUT2D eigenvalue weighted by Crippen LogP contribution is -2.55. The van der Waals surface area contributed by atoms with Gasteiger partial charge in [-0.3, -0.25) is 0 Å². The van der Waals surface area contributed by atoms with Crippen molar-refractivity contribution in [2.24, 2.45) is 18.2 Å². The molecule has 1 saturated heterocycles. The molecule has 0 amide bonds. The van der Waals surface area contributed by atoms with E-state index in [1.54, 1.807) is 0 Å². The van der Waals surface area contributed by atoms with Crippen molar-refractivity contribution in [2.45, 2.75) is 6.04 Å². The molecule has 102 valence electrons. The zero-order chi connectivity index (χ0) is 13.5. The average molecular weight is 260 g/mol. The number of hydrogen-bond donors (Lipinski definition) is 2. The number of aromatic nitrogens is 2. The van der Waals surface area contributed by atoms with Gasteiger partial charge in [0, 0.05) is 25.0 Å². The molecule has 2 aromatic rings. The van der Waals surface area contributed by atoms with Crippen molar-refractivity contribution in [3.63, 3.8) is 0 Å². The Morgan fingerprint density at radius 3 is 2.89 bits per heavy atom. The number of hydrogen-bond acceptors (Lipinski definition) is 4. The van der Waals surface area contributed by atoms with Crippen molar-refractivity contribution in [1.29, 1.82) is 0 Å². The molecule has 0 saturated carbocycles. The van der Waals surface area contributed by atoms with Gasteiger partial charge in [-0.2, -0.15) is 0 Å². The average Bonchev–Trinajstić information content (AvgIpc) is 2.75. The van der Waals surface area contributed by atoms with Crippen LogP contribution in [0, 0.1) is 5.41 Å². The molecule has 19 heavy (non-hydrogen) atoms. The number of aryl methyl sites for hydroxylation is 1. The Kier molecular flexibility index (Phi) is 3.05. The fourth-order valence-corrected chi connectivity index (χ4v) is 2.93. The molecule has 1 unspecified atom stereocenters. The predicted octanol–water partition coefficient (Wildman–Crippen LogP) is 0.809. The number of rotatable bonds is 4. The Bertz CT molecular complexity index is 583. The summed E-state index contributed by atoms with van der Waals surface area (Å²) in [4.78, 5) is 4.42. The van der Waals surface area contributed by atoms with E-state index in [-0.39, 0.29) is 11.5 Å². The lowest BCUT2D eigenvalue weighted by Gasteiger charge is -2.46. The summed E-state index contributed by atoms with van der Waals surface area (Å²) in [5.41, 5.74) is 9.36. The van der Waals surface area contributed by atoms with Crippen LogP contribution in [0.4, 0.5) is 0 Å². The van der Waals surface area contributed by atoms with Crippen LogP contribution in [0.5, 0.6) is 0 Å². The maximum atomic E-state index is 5.96. The van der Waals surface area contributed by atoms with E-state index in [4.69, 9.17) is 10.5 Å². The van der Waals surface area contributed by atoms with Crippen molar-refractivity contribution in [1.82, 2.24) is 14.9 Å². The van der Waals surface area contributed by atoms with Crippen LogP contribution in [0.1, 0.15) is 11.6 Å². The zero-order valence-electron chi connectivity index (χ0n) is 11.4. The first-order valence-electron chi connectivity index (χ1n) is 6.56. The monoisotopic (exact) mass is 260 g/mol. The van der Waals surface area contributed by atoms with Crippen molar-refractivity contribution in [3.05, 3.63) is 30.1 Å². The van der Waals surface area contributed by atoms with Crippen LogP contribution in [0.2, 0.25) is 0 Å². The Balaban J connectivity index is 2.01. The smallest absolute Gasteiger partial charge is 0.0955 e. The van der Waals surface area contributed by atoms with Gasteiger partial charge in [0.1, 0.15) is 0 Å². The van der Waals surface area contributed by atoms with E-state index in [0.717, 1.165) is 24.2 Å². The van der Waals surface area contributed by atoms with Crippen LogP contribution in [0.25, 0.3) is 11.0 Å². The number of imidazole rings is 1. The minimum absolute atomic E-state index is 0.0111. The van der Waals surface area contributed by atoms with Crippen LogP contribution in [0.3, 0.4) is 0 Å². The van der Waals surface area contributed by atoms with Crippen LogP contribution in [0.15, 0.2) is 24.5 Å².